The lowest BCUT2D eigenvalue weighted by Crippen LogP contribution is -1.96. The lowest BCUT2D eigenvalue weighted by atomic mass is 10.1. The molecule has 0 aromatic carbocycles. The van der Waals surface area contributed by atoms with Gasteiger partial charge in [0.25, 0.3) is 0 Å². The van der Waals surface area contributed by atoms with E-state index in [9.17, 15) is 0 Å². The SMILES string of the molecule is CCCCCCCCCCCC[SiH2]OCC. The van der Waals surface area contributed by atoms with Gasteiger partial charge in [-0.05, 0) is 13.0 Å². The van der Waals surface area contributed by atoms with E-state index in [4.69, 9.17) is 4.43 Å². The van der Waals surface area contributed by atoms with Gasteiger partial charge < -0.3 is 4.43 Å². The van der Waals surface area contributed by atoms with E-state index in [1.54, 1.807) is 0 Å². The van der Waals surface area contributed by atoms with Crippen molar-refractivity contribution in [1.82, 2.24) is 0 Å². The summed E-state index contributed by atoms with van der Waals surface area (Å²) >= 11 is 0. The van der Waals surface area contributed by atoms with Crippen LogP contribution in [0, 0.1) is 0 Å². The van der Waals surface area contributed by atoms with Crippen LogP contribution in [0.25, 0.3) is 0 Å². The highest BCUT2D eigenvalue weighted by Gasteiger charge is 1.93. The molecule has 0 unspecified atom stereocenters. The Hall–Kier alpha value is 0.177. The van der Waals surface area contributed by atoms with E-state index in [2.05, 4.69) is 13.8 Å². The van der Waals surface area contributed by atoms with Crippen molar-refractivity contribution >= 4 is 9.76 Å². The zero-order valence-corrected chi connectivity index (χ0v) is 13.0. The molecule has 0 saturated heterocycles. The lowest BCUT2D eigenvalue weighted by Gasteiger charge is -2.02. The summed E-state index contributed by atoms with van der Waals surface area (Å²) in [5, 5.41) is 0. The van der Waals surface area contributed by atoms with Crippen LogP contribution in [0.15, 0.2) is 0 Å². The van der Waals surface area contributed by atoms with Crippen LogP contribution in [-0.2, 0) is 4.43 Å². The Morgan fingerprint density at radius 1 is 0.688 bits per heavy atom. The largest absolute Gasteiger partial charge is 0.424 e. The number of hydrogen-bond donors (Lipinski definition) is 0. The standard InChI is InChI=1S/C14H32OSi/c1-3-5-6-7-8-9-10-11-12-13-14-16-15-4-2/h3-14,16H2,1-2H3. The molecule has 0 atom stereocenters. The van der Waals surface area contributed by atoms with Gasteiger partial charge in [0.1, 0.15) is 0 Å². The molecule has 0 rings (SSSR count). The summed E-state index contributed by atoms with van der Waals surface area (Å²) in [7, 11) is -0.142. The van der Waals surface area contributed by atoms with E-state index in [0.717, 1.165) is 6.61 Å². The molecule has 0 aromatic rings. The van der Waals surface area contributed by atoms with Crippen LogP contribution < -0.4 is 0 Å². The fourth-order valence-corrected chi connectivity index (χ4v) is 3.06. The molecule has 0 radical (unpaired) electrons. The maximum absolute atomic E-state index is 5.45. The van der Waals surface area contributed by atoms with Gasteiger partial charge in [-0.2, -0.15) is 0 Å². The first-order valence-corrected chi connectivity index (χ1v) is 9.07. The van der Waals surface area contributed by atoms with Gasteiger partial charge in [-0.15, -0.1) is 0 Å². The van der Waals surface area contributed by atoms with Gasteiger partial charge in [0.2, 0.25) is 0 Å². The lowest BCUT2D eigenvalue weighted by molar-refractivity contribution is 0.358. The Morgan fingerprint density at radius 3 is 1.69 bits per heavy atom. The number of unbranched alkanes of at least 4 members (excludes halogenated alkanes) is 9. The fraction of sp³-hybridized carbons (Fsp3) is 1.00. The van der Waals surface area contributed by atoms with Crippen LogP contribution in [0.3, 0.4) is 0 Å². The third-order valence-electron chi connectivity index (χ3n) is 3.10. The van der Waals surface area contributed by atoms with Crippen molar-refractivity contribution in [2.75, 3.05) is 6.61 Å². The summed E-state index contributed by atoms with van der Waals surface area (Å²) in [5.41, 5.74) is 0. The minimum absolute atomic E-state index is 0.142. The molecule has 0 spiro atoms. The summed E-state index contributed by atoms with van der Waals surface area (Å²) in [6, 6.07) is 1.39. The zero-order chi connectivity index (χ0) is 11.9. The zero-order valence-electron chi connectivity index (χ0n) is 11.6. The molecule has 0 fully saturated rings. The summed E-state index contributed by atoms with van der Waals surface area (Å²) in [6.07, 6.45) is 14.4. The van der Waals surface area contributed by atoms with Gasteiger partial charge in [0, 0.05) is 6.61 Å². The third kappa shape index (κ3) is 14.2. The molecule has 0 saturated carbocycles. The molecular formula is C14H32OSi. The smallest absolute Gasteiger partial charge is 0.161 e. The van der Waals surface area contributed by atoms with Crippen molar-refractivity contribution < 1.29 is 4.43 Å². The van der Waals surface area contributed by atoms with E-state index in [0.29, 0.717) is 0 Å². The molecule has 0 aliphatic rings. The first-order chi connectivity index (χ1) is 7.91. The average molecular weight is 244 g/mol. The van der Waals surface area contributed by atoms with Crippen molar-refractivity contribution in [3.8, 4) is 0 Å². The molecule has 0 heterocycles. The Bertz CT molecular complexity index is 103. The van der Waals surface area contributed by atoms with Gasteiger partial charge in [-0.1, -0.05) is 71.1 Å². The topological polar surface area (TPSA) is 9.23 Å². The van der Waals surface area contributed by atoms with E-state index < -0.39 is 0 Å². The molecule has 1 nitrogen and oxygen atoms in total. The molecule has 16 heavy (non-hydrogen) atoms. The first kappa shape index (κ1) is 16.2. The second-order valence-corrected chi connectivity index (χ2v) is 6.26. The molecule has 0 amide bonds. The maximum Gasteiger partial charge on any atom is 0.161 e. The molecule has 0 bridgehead atoms. The highest BCUT2D eigenvalue weighted by Crippen LogP contribution is 2.11. The Labute approximate surface area is 105 Å². The predicted octanol–water partition coefficient (Wildman–Crippen LogP) is 4.45. The fourth-order valence-electron chi connectivity index (χ4n) is 2.01. The van der Waals surface area contributed by atoms with Gasteiger partial charge in [0.15, 0.2) is 9.76 Å². The van der Waals surface area contributed by atoms with Crippen molar-refractivity contribution in [2.45, 2.75) is 84.1 Å². The molecule has 0 aromatic heterocycles. The Morgan fingerprint density at radius 2 is 1.19 bits per heavy atom. The molecular weight excluding hydrogens is 212 g/mol. The molecule has 0 aliphatic heterocycles. The molecule has 2 heteroatoms. The quantitative estimate of drug-likeness (QED) is 0.344. The van der Waals surface area contributed by atoms with E-state index in [1.807, 2.05) is 0 Å². The Balaban J connectivity index is 2.83. The van der Waals surface area contributed by atoms with E-state index >= 15 is 0 Å². The summed E-state index contributed by atoms with van der Waals surface area (Å²) in [6.45, 7) is 5.32. The van der Waals surface area contributed by atoms with Gasteiger partial charge in [-0.3, -0.25) is 0 Å². The summed E-state index contributed by atoms with van der Waals surface area (Å²) in [4.78, 5) is 0. The first-order valence-electron chi connectivity index (χ1n) is 7.49. The summed E-state index contributed by atoms with van der Waals surface area (Å²) in [5.74, 6) is 0. The van der Waals surface area contributed by atoms with Crippen molar-refractivity contribution in [3.63, 3.8) is 0 Å². The predicted molar refractivity (Wildman–Crippen MR) is 76.8 cm³/mol. The van der Waals surface area contributed by atoms with Crippen LogP contribution in [-0.4, -0.2) is 16.4 Å². The monoisotopic (exact) mass is 244 g/mol. The number of hydrogen-bond acceptors (Lipinski definition) is 1. The molecule has 0 aliphatic carbocycles. The van der Waals surface area contributed by atoms with Crippen LogP contribution in [0.2, 0.25) is 6.04 Å². The van der Waals surface area contributed by atoms with Crippen molar-refractivity contribution in [1.29, 1.82) is 0 Å². The highest BCUT2D eigenvalue weighted by atomic mass is 28.2. The normalized spacial score (nSPS) is 11.6. The van der Waals surface area contributed by atoms with E-state index in [-0.39, 0.29) is 9.76 Å². The van der Waals surface area contributed by atoms with Crippen molar-refractivity contribution in [3.05, 3.63) is 0 Å². The maximum atomic E-state index is 5.45. The third-order valence-corrected chi connectivity index (χ3v) is 4.58. The second kappa shape index (κ2) is 15.2. The number of rotatable bonds is 13. The van der Waals surface area contributed by atoms with Gasteiger partial charge in [0.05, 0.1) is 0 Å². The van der Waals surface area contributed by atoms with Crippen molar-refractivity contribution in [2.24, 2.45) is 0 Å². The highest BCUT2D eigenvalue weighted by molar-refractivity contribution is 6.26. The van der Waals surface area contributed by atoms with E-state index in [1.165, 1.54) is 70.3 Å². The van der Waals surface area contributed by atoms with Gasteiger partial charge in [-0.25, -0.2) is 0 Å². The molecule has 98 valence electrons. The van der Waals surface area contributed by atoms with Gasteiger partial charge >= 0.3 is 0 Å². The van der Waals surface area contributed by atoms with Crippen LogP contribution in [0.4, 0.5) is 0 Å². The minimum atomic E-state index is -0.142. The summed E-state index contributed by atoms with van der Waals surface area (Å²) < 4.78 is 5.45. The minimum Gasteiger partial charge on any atom is -0.424 e. The molecule has 0 N–H and O–H groups in total. The van der Waals surface area contributed by atoms with Crippen LogP contribution in [0.5, 0.6) is 0 Å². The Kier molecular flexibility index (Phi) is 15.3. The van der Waals surface area contributed by atoms with Crippen LogP contribution in [0.1, 0.15) is 78.1 Å². The van der Waals surface area contributed by atoms with Crippen LogP contribution >= 0.6 is 0 Å². The average Bonchev–Trinajstić information content (AvgIpc) is 2.31. The second-order valence-electron chi connectivity index (χ2n) is 4.73.